The van der Waals surface area contributed by atoms with Crippen LogP contribution in [0.15, 0.2) is 53.8 Å². The third kappa shape index (κ3) is 3.81. The summed E-state index contributed by atoms with van der Waals surface area (Å²) in [5.74, 6) is -1.21. The van der Waals surface area contributed by atoms with Crippen molar-refractivity contribution in [2.24, 2.45) is 0 Å². The number of carbonyl (C=O) groups is 2. The molecule has 1 aliphatic heterocycles. The number of rotatable bonds is 7. The second kappa shape index (κ2) is 8.34. The Hall–Kier alpha value is -3.35. The molecule has 3 rings (SSSR count). The number of amides is 1. The molecule has 1 atom stereocenters. The fourth-order valence-corrected chi connectivity index (χ4v) is 3.55. The molecule has 0 saturated heterocycles. The second-order valence-corrected chi connectivity index (χ2v) is 6.68. The third-order valence-corrected chi connectivity index (χ3v) is 4.97. The van der Waals surface area contributed by atoms with Gasteiger partial charge in [0.2, 0.25) is 0 Å². The third-order valence-electron chi connectivity index (χ3n) is 4.97. The molecule has 152 valence electrons. The quantitative estimate of drug-likeness (QED) is 0.773. The van der Waals surface area contributed by atoms with Gasteiger partial charge in [0.1, 0.15) is 5.82 Å². The molecule has 1 heterocycles. The van der Waals surface area contributed by atoms with E-state index < -0.39 is 29.3 Å². The van der Waals surface area contributed by atoms with E-state index >= 15 is 0 Å². The van der Waals surface area contributed by atoms with Crippen molar-refractivity contribution in [3.63, 3.8) is 0 Å². The van der Waals surface area contributed by atoms with Crippen LogP contribution in [-0.2, 0) is 16.0 Å². The van der Waals surface area contributed by atoms with Gasteiger partial charge in [0.05, 0.1) is 25.8 Å². The monoisotopic (exact) mass is 399 g/mol. The first-order valence-corrected chi connectivity index (χ1v) is 9.09. The minimum absolute atomic E-state index is 0.0904. The van der Waals surface area contributed by atoms with Crippen molar-refractivity contribution in [3.05, 3.63) is 70.7 Å². The lowest BCUT2D eigenvalue weighted by Gasteiger charge is -2.27. The van der Waals surface area contributed by atoms with Crippen molar-refractivity contribution >= 4 is 11.7 Å². The van der Waals surface area contributed by atoms with E-state index in [1.807, 2.05) is 6.07 Å². The number of aliphatic hydroxyl groups excluding tert-OH is 1. The molecule has 6 nitrogen and oxygen atoms in total. The van der Waals surface area contributed by atoms with E-state index in [-0.39, 0.29) is 17.7 Å². The molecule has 0 aliphatic carbocycles. The summed E-state index contributed by atoms with van der Waals surface area (Å²) in [4.78, 5) is 26.1. The van der Waals surface area contributed by atoms with E-state index in [2.05, 4.69) is 0 Å². The van der Waals surface area contributed by atoms with Crippen LogP contribution < -0.4 is 9.47 Å². The Balaban J connectivity index is 1.92. The van der Waals surface area contributed by atoms with Crippen LogP contribution in [0.2, 0.25) is 0 Å². The maximum absolute atomic E-state index is 14.5. The highest BCUT2D eigenvalue weighted by atomic mass is 19.1. The Labute approximate surface area is 168 Å². The highest BCUT2D eigenvalue weighted by Gasteiger charge is 2.43. The topological polar surface area (TPSA) is 76.1 Å². The zero-order valence-corrected chi connectivity index (χ0v) is 16.4. The molecule has 0 aromatic heterocycles. The number of halogens is 1. The molecule has 0 bridgehead atoms. The molecule has 2 aromatic rings. The number of ketones is 1. The molecule has 7 heteroatoms. The Kier molecular flexibility index (Phi) is 5.87. The van der Waals surface area contributed by atoms with Gasteiger partial charge in [-0.15, -0.1) is 0 Å². The van der Waals surface area contributed by atoms with Crippen molar-refractivity contribution < 1.29 is 28.6 Å². The second-order valence-electron chi connectivity index (χ2n) is 6.68. The zero-order valence-electron chi connectivity index (χ0n) is 16.4. The van der Waals surface area contributed by atoms with Crippen LogP contribution in [0.1, 0.15) is 24.1 Å². The molecule has 29 heavy (non-hydrogen) atoms. The minimum Gasteiger partial charge on any atom is -0.503 e. The number of benzene rings is 2. The van der Waals surface area contributed by atoms with Gasteiger partial charge >= 0.3 is 0 Å². The van der Waals surface area contributed by atoms with Crippen molar-refractivity contribution in [1.29, 1.82) is 0 Å². The molecule has 0 fully saturated rings. The number of methoxy groups -OCH3 is 2. The van der Waals surface area contributed by atoms with Gasteiger partial charge in [0, 0.05) is 12.1 Å². The number of hydrogen-bond acceptors (Lipinski definition) is 5. The molecule has 0 radical (unpaired) electrons. The SMILES string of the molecule is COc1ccc(CCN2C(=O)C(O)=C(C(C)=O)C2c2ccccc2F)cc1OC. The molecule has 1 unspecified atom stereocenters. The number of aliphatic hydroxyl groups is 1. The van der Waals surface area contributed by atoms with E-state index in [0.717, 1.165) is 5.56 Å². The van der Waals surface area contributed by atoms with Crippen LogP contribution in [0.5, 0.6) is 11.5 Å². The highest BCUT2D eigenvalue weighted by molar-refractivity contribution is 6.08. The Morgan fingerprint density at radius 1 is 1.14 bits per heavy atom. The Morgan fingerprint density at radius 3 is 2.45 bits per heavy atom. The molecular weight excluding hydrogens is 377 g/mol. The number of Topliss-reactive ketones (excluding diaryl/α,β-unsaturated/α-hetero) is 1. The van der Waals surface area contributed by atoms with Gasteiger partial charge in [0.25, 0.3) is 5.91 Å². The molecule has 1 aliphatic rings. The first-order chi connectivity index (χ1) is 13.9. The van der Waals surface area contributed by atoms with E-state index in [4.69, 9.17) is 9.47 Å². The first kappa shape index (κ1) is 20.4. The maximum atomic E-state index is 14.5. The van der Waals surface area contributed by atoms with Gasteiger partial charge in [-0.1, -0.05) is 24.3 Å². The lowest BCUT2D eigenvalue weighted by Crippen LogP contribution is -2.33. The smallest absolute Gasteiger partial charge is 0.290 e. The summed E-state index contributed by atoms with van der Waals surface area (Å²) in [6, 6.07) is 10.3. The van der Waals surface area contributed by atoms with Crippen LogP contribution in [0, 0.1) is 5.82 Å². The van der Waals surface area contributed by atoms with Crippen LogP contribution in [-0.4, -0.2) is 42.5 Å². The van der Waals surface area contributed by atoms with E-state index in [9.17, 15) is 19.1 Å². The average Bonchev–Trinajstić information content (AvgIpc) is 2.97. The van der Waals surface area contributed by atoms with Gasteiger partial charge in [-0.3, -0.25) is 9.59 Å². The van der Waals surface area contributed by atoms with Crippen LogP contribution in [0.25, 0.3) is 0 Å². The molecule has 0 spiro atoms. The number of hydrogen-bond donors (Lipinski definition) is 1. The summed E-state index contributed by atoms with van der Waals surface area (Å²) < 4.78 is 25.0. The molecule has 1 amide bonds. The summed E-state index contributed by atoms with van der Waals surface area (Å²) in [5.41, 5.74) is 0.938. The summed E-state index contributed by atoms with van der Waals surface area (Å²) in [6.45, 7) is 1.43. The van der Waals surface area contributed by atoms with Crippen molar-refractivity contribution in [3.8, 4) is 11.5 Å². The van der Waals surface area contributed by atoms with Crippen LogP contribution in [0.3, 0.4) is 0 Å². The predicted octanol–water partition coefficient (Wildman–Crippen LogP) is 3.37. The Bertz CT molecular complexity index is 985. The summed E-state index contributed by atoms with van der Waals surface area (Å²) in [6.07, 6.45) is 0.412. The summed E-state index contributed by atoms with van der Waals surface area (Å²) >= 11 is 0. The van der Waals surface area contributed by atoms with Crippen molar-refractivity contribution in [2.75, 3.05) is 20.8 Å². The molecule has 1 N–H and O–H groups in total. The van der Waals surface area contributed by atoms with Crippen molar-refractivity contribution in [2.45, 2.75) is 19.4 Å². The fraction of sp³-hybridized carbons (Fsp3) is 0.273. The number of ether oxygens (including phenoxy) is 2. The van der Waals surface area contributed by atoms with Gasteiger partial charge < -0.3 is 19.5 Å². The van der Waals surface area contributed by atoms with E-state index in [1.54, 1.807) is 18.2 Å². The van der Waals surface area contributed by atoms with E-state index in [1.165, 1.54) is 44.2 Å². The molecule has 2 aromatic carbocycles. The lowest BCUT2D eigenvalue weighted by atomic mass is 9.96. The van der Waals surface area contributed by atoms with Gasteiger partial charge in [-0.05, 0) is 37.1 Å². The molecule has 0 saturated carbocycles. The molecular formula is C22H22FNO5. The average molecular weight is 399 g/mol. The largest absolute Gasteiger partial charge is 0.503 e. The normalized spacial score (nSPS) is 16.3. The first-order valence-electron chi connectivity index (χ1n) is 9.09. The number of carbonyl (C=O) groups excluding carboxylic acids is 2. The van der Waals surface area contributed by atoms with Gasteiger partial charge in [-0.25, -0.2) is 4.39 Å². The number of nitrogens with zero attached hydrogens (tertiary/aromatic N) is 1. The van der Waals surface area contributed by atoms with Gasteiger partial charge in [-0.2, -0.15) is 0 Å². The van der Waals surface area contributed by atoms with Crippen molar-refractivity contribution in [1.82, 2.24) is 4.90 Å². The Morgan fingerprint density at radius 2 is 1.83 bits per heavy atom. The zero-order chi connectivity index (χ0) is 21.1. The summed E-state index contributed by atoms with van der Waals surface area (Å²) in [7, 11) is 3.07. The maximum Gasteiger partial charge on any atom is 0.290 e. The summed E-state index contributed by atoms with van der Waals surface area (Å²) in [5, 5.41) is 10.3. The van der Waals surface area contributed by atoms with Crippen LogP contribution >= 0.6 is 0 Å². The lowest BCUT2D eigenvalue weighted by molar-refractivity contribution is -0.129. The minimum atomic E-state index is -0.971. The highest BCUT2D eigenvalue weighted by Crippen LogP contribution is 2.39. The standard InChI is InChI=1S/C22H22FNO5/c1-13(25)19-20(15-6-4-5-7-16(15)23)24(22(27)21(19)26)11-10-14-8-9-17(28-2)18(12-14)29-3/h4-9,12,20,26H,10-11H2,1-3H3. The van der Waals surface area contributed by atoms with Gasteiger partial charge in [0.15, 0.2) is 23.0 Å². The fourth-order valence-electron chi connectivity index (χ4n) is 3.55. The predicted molar refractivity (Wildman–Crippen MR) is 104 cm³/mol. The van der Waals surface area contributed by atoms with E-state index in [0.29, 0.717) is 17.9 Å². The van der Waals surface area contributed by atoms with Crippen LogP contribution in [0.4, 0.5) is 4.39 Å².